The Morgan fingerprint density at radius 2 is 0.946 bits per heavy atom. The summed E-state index contributed by atoms with van der Waals surface area (Å²) in [5, 5.41) is 4.61. The maximum absolute atomic E-state index is 6.83. The minimum atomic E-state index is 0.561. The van der Waals surface area contributed by atoms with Crippen LogP contribution in [0.2, 0.25) is 0 Å². The van der Waals surface area contributed by atoms with Crippen molar-refractivity contribution in [3.05, 3.63) is 188 Å². The molecule has 5 heteroatoms. The zero-order valence-electron chi connectivity index (χ0n) is 30.1. The van der Waals surface area contributed by atoms with E-state index in [1.165, 1.54) is 31.3 Å². The van der Waals surface area contributed by atoms with Crippen LogP contribution in [0.5, 0.6) is 0 Å². The molecule has 0 fully saturated rings. The molecule has 56 heavy (non-hydrogen) atoms. The summed E-state index contributed by atoms with van der Waals surface area (Å²) < 4.78 is 9.42. The molecule has 0 amide bonds. The van der Waals surface area contributed by atoms with Crippen molar-refractivity contribution < 1.29 is 4.42 Å². The Morgan fingerprint density at radius 3 is 1.75 bits per heavy atom. The Morgan fingerprint density at radius 1 is 0.339 bits per heavy atom. The quantitative estimate of drug-likeness (QED) is 0.171. The van der Waals surface area contributed by atoms with Crippen LogP contribution in [0.15, 0.2) is 192 Å². The number of aromatic nitrogens is 3. The van der Waals surface area contributed by atoms with E-state index < -0.39 is 0 Å². The van der Waals surface area contributed by atoms with Crippen LogP contribution in [0.4, 0.5) is 0 Å². The molecule has 3 heterocycles. The topological polar surface area (TPSA) is 51.8 Å². The molecule has 0 radical (unpaired) electrons. The molecule has 0 aliphatic rings. The maximum atomic E-state index is 6.83. The van der Waals surface area contributed by atoms with E-state index in [1.54, 1.807) is 0 Å². The van der Waals surface area contributed by atoms with E-state index >= 15 is 0 Å². The molecule has 3 aromatic heterocycles. The van der Waals surface area contributed by atoms with Crippen molar-refractivity contribution in [2.24, 2.45) is 0 Å². The monoisotopic (exact) mass is 733 g/mol. The highest BCUT2D eigenvalue weighted by atomic mass is 32.1. The fourth-order valence-electron chi connectivity index (χ4n) is 7.79. The molecular weight excluding hydrogens is 703 g/mol. The highest BCUT2D eigenvalue weighted by molar-refractivity contribution is 7.26. The maximum Gasteiger partial charge on any atom is 0.167 e. The third-order valence-electron chi connectivity index (χ3n) is 10.5. The summed E-state index contributed by atoms with van der Waals surface area (Å²) in [6, 6.07) is 65.7. The fourth-order valence-corrected chi connectivity index (χ4v) is 9.01. The number of hydrogen-bond donors (Lipinski definition) is 0. The molecule has 4 nitrogen and oxygen atoms in total. The van der Waals surface area contributed by atoms with Crippen molar-refractivity contribution >= 4 is 53.4 Å². The predicted octanol–water partition coefficient (Wildman–Crippen LogP) is 14.1. The van der Waals surface area contributed by atoms with Crippen LogP contribution in [0.25, 0.3) is 110 Å². The van der Waals surface area contributed by atoms with Gasteiger partial charge in [0.25, 0.3) is 0 Å². The largest absolute Gasteiger partial charge is 0.455 e. The number of benzene rings is 8. The summed E-state index contributed by atoms with van der Waals surface area (Å²) in [6.45, 7) is 0. The molecule has 0 aliphatic heterocycles. The van der Waals surface area contributed by atoms with Crippen molar-refractivity contribution in [3.63, 3.8) is 0 Å². The predicted molar refractivity (Wildman–Crippen MR) is 233 cm³/mol. The molecule has 0 saturated carbocycles. The average molecular weight is 734 g/mol. The van der Waals surface area contributed by atoms with Crippen molar-refractivity contribution in [2.45, 2.75) is 0 Å². The molecule has 8 aromatic carbocycles. The third kappa shape index (κ3) is 5.56. The van der Waals surface area contributed by atoms with Crippen molar-refractivity contribution in [1.29, 1.82) is 0 Å². The molecule has 0 atom stereocenters. The number of thiophene rings is 1. The Hall–Kier alpha value is -7.21. The van der Waals surface area contributed by atoms with Gasteiger partial charge in [-0.1, -0.05) is 146 Å². The van der Waals surface area contributed by atoms with Gasteiger partial charge in [0.2, 0.25) is 0 Å². The van der Waals surface area contributed by atoms with Crippen molar-refractivity contribution in [3.8, 4) is 67.5 Å². The van der Waals surface area contributed by atoms with E-state index in [2.05, 4.69) is 146 Å². The summed E-state index contributed by atoms with van der Waals surface area (Å²) in [5.74, 6) is 1.77. The van der Waals surface area contributed by atoms with Gasteiger partial charge in [0.1, 0.15) is 11.2 Å². The first kappa shape index (κ1) is 32.2. The standard InChI is InChI=1S/C51H31N3OS/c1-4-14-32(15-5-1)35-20-12-21-37(28-35)50-52-49(34-18-8-3-9-19-34)53-51(54-50)42-24-13-23-41-39-27-26-36(31-45(39)55-47(41)42)38-29-43(33-16-6-2-7-17-33)48-44(30-38)40-22-10-11-25-46(40)56-48/h1-31H. The highest BCUT2D eigenvalue weighted by Gasteiger charge is 2.19. The molecule has 0 aliphatic carbocycles. The lowest BCUT2D eigenvalue weighted by Gasteiger charge is -2.10. The first-order chi connectivity index (χ1) is 27.7. The number of para-hydroxylation sites is 1. The number of rotatable bonds is 6. The first-order valence-corrected chi connectivity index (χ1v) is 19.5. The Labute approximate surface area is 327 Å². The van der Waals surface area contributed by atoms with E-state index in [0.29, 0.717) is 17.5 Å². The summed E-state index contributed by atoms with van der Waals surface area (Å²) in [6.07, 6.45) is 0. The molecule has 262 valence electrons. The van der Waals surface area contributed by atoms with Crippen LogP contribution in [-0.2, 0) is 0 Å². The molecule has 0 unspecified atom stereocenters. The highest BCUT2D eigenvalue weighted by Crippen LogP contribution is 2.44. The van der Waals surface area contributed by atoms with E-state index in [0.717, 1.165) is 60.9 Å². The number of hydrogen-bond acceptors (Lipinski definition) is 5. The van der Waals surface area contributed by atoms with Gasteiger partial charge in [-0.2, -0.15) is 0 Å². The van der Waals surface area contributed by atoms with Crippen LogP contribution in [0, 0.1) is 0 Å². The van der Waals surface area contributed by atoms with E-state index in [1.807, 2.05) is 53.8 Å². The lowest BCUT2D eigenvalue weighted by atomic mass is 9.95. The second-order valence-electron chi connectivity index (χ2n) is 14.0. The average Bonchev–Trinajstić information content (AvgIpc) is 3.85. The summed E-state index contributed by atoms with van der Waals surface area (Å²) in [7, 11) is 0. The Balaban J connectivity index is 1.07. The van der Waals surface area contributed by atoms with Gasteiger partial charge in [-0.3, -0.25) is 0 Å². The van der Waals surface area contributed by atoms with Gasteiger partial charge in [-0.15, -0.1) is 11.3 Å². The molecule has 0 saturated heterocycles. The van der Waals surface area contributed by atoms with Gasteiger partial charge in [-0.25, -0.2) is 15.0 Å². The van der Waals surface area contributed by atoms with Gasteiger partial charge in [0.05, 0.1) is 5.56 Å². The summed E-state index contributed by atoms with van der Waals surface area (Å²) in [5.41, 5.74) is 11.1. The normalized spacial score (nSPS) is 11.6. The molecule has 0 bridgehead atoms. The zero-order chi connectivity index (χ0) is 37.0. The van der Waals surface area contributed by atoms with Crippen molar-refractivity contribution in [1.82, 2.24) is 15.0 Å². The number of furan rings is 1. The summed E-state index contributed by atoms with van der Waals surface area (Å²) in [4.78, 5) is 15.2. The lowest BCUT2D eigenvalue weighted by Crippen LogP contribution is -2.00. The second kappa shape index (κ2) is 13.3. The van der Waals surface area contributed by atoms with Crippen LogP contribution in [-0.4, -0.2) is 15.0 Å². The first-order valence-electron chi connectivity index (χ1n) is 18.7. The lowest BCUT2D eigenvalue weighted by molar-refractivity contribution is 0.669. The van der Waals surface area contributed by atoms with E-state index in [9.17, 15) is 0 Å². The van der Waals surface area contributed by atoms with Gasteiger partial charge >= 0.3 is 0 Å². The molecule has 0 N–H and O–H groups in total. The van der Waals surface area contributed by atoms with E-state index in [4.69, 9.17) is 19.4 Å². The minimum absolute atomic E-state index is 0.561. The molecule has 11 aromatic rings. The second-order valence-corrected chi connectivity index (χ2v) is 15.0. The van der Waals surface area contributed by atoms with Gasteiger partial charge in [-0.05, 0) is 70.3 Å². The molecular formula is C51H31N3OS. The van der Waals surface area contributed by atoms with Crippen LogP contribution in [0.1, 0.15) is 0 Å². The fraction of sp³-hybridized carbons (Fsp3) is 0. The summed E-state index contributed by atoms with van der Waals surface area (Å²) >= 11 is 1.86. The third-order valence-corrected chi connectivity index (χ3v) is 11.8. The smallest absolute Gasteiger partial charge is 0.167 e. The van der Waals surface area contributed by atoms with Gasteiger partial charge in [0.15, 0.2) is 17.5 Å². The van der Waals surface area contributed by atoms with Gasteiger partial charge in [0, 0.05) is 47.6 Å². The number of fused-ring (bicyclic) bond motifs is 6. The van der Waals surface area contributed by atoms with Gasteiger partial charge < -0.3 is 4.42 Å². The Kier molecular flexibility index (Phi) is 7.64. The minimum Gasteiger partial charge on any atom is -0.455 e. The molecule has 11 rings (SSSR count). The van der Waals surface area contributed by atoms with Crippen LogP contribution >= 0.6 is 11.3 Å². The number of nitrogens with zero attached hydrogens (tertiary/aromatic N) is 3. The SMILES string of the molecule is c1ccc(-c2cccc(-c3nc(-c4ccccc4)nc(-c4cccc5c4oc4cc(-c6cc(-c7ccccc7)c7sc8ccccc8c7c6)ccc45)n3)c2)cc1. The van der Waals surface area contributed by atoms with Crippen molar-refractivity contribution in [2.75, 3.05) is 0 Å². The Bertz CT molecular complexity index is 3240. The zero-order valence-corrected chi connectivity index (χ0v) is 30.9. The molecule has 0 spiro atoms. The van der Waals surface area contributed by atoms with Crippen LogP contribution < -0.4 is 0 Å². The van der Waals surface area contributed by atoms with E-state index in [-0.39, 0.29) is 0 Å². The van der Waals surface area contributed by atoms with Crippen LogP contribution in [0.3, 0.4) is 0 Å².